The van der Waals surface area contributed by atoms with Crippen LogP contribution in [0.15, 0.2) is 126 Å². The monoisotopic (exact) mass is 464 g/mol. The molecule has 1 N–H and O–H groups in total. The lowest BCUT2D eigenvalue weighted by Gasteiger charge is -2.26. The number of nitrogens with one attached hydrogen (secondary N) is 1. The molecule has 0 atom stereocenters. The van der Waals surface area contributed by atoms with Crippen molar-refractivity contribution in [3.63, 3.8) is 0 Å². The molecule has 5 aromatic carbocycles. The molecule has 1 aliphatic heterocycles. The first kappa shape index (κ1) is 20.6. The molecule has 0 saturated heterocycles. The Morgan fingerprint density at radius 3 is 2.25 bits per heavy atom. The van der Waals surface area contributed by atoms with Gasteiger partial charge in [-0.2, -0.15) is 0 Å². The molecule has 0 saturated carbocycles. The van der Waals surface area contributed by atoms with Gasteiger partial charge in [0.25, 0.3) is 0 Å². The molecule has 0 amide bonds. The van der Waals surface area contributed by atoms with E-state index in [9.17, 15) is 0 Å². The summed E-state index contributed by atoms with van der Waals surface area (Å²) >= 11 is 0. The minimum absolute atomic E-state index is 0.775. The largest absolute Gasteiger partial charge is 0.438 e. The predicted octanol–water partition coefficient (Wildman–Crippen LogP) is 9.16. The van der Waals surface area contributed by atoms with E-state index in [0.29, 0.717) is 0 Å². The third kappa shape index (κ3) is 3.45. The van der Waals surface area contributed by atoms with Gasteiger partial charge in [0.05, 0.1) is 5.69 Å². The molecule has 1 aromatic heterocycles. The van der Waals surface area contributed by atoms with Crippen LogP contribution in [-0.4, -0.2) is 6.54 Å². The molecule has 0 radical (unpaired) electrons. The first-order valence-electron chi connectivity index (χ1n) is 12.3. The van der Waals surface area contributed by atoms with Crippen LogP contribution >= 0.6 is 0 Å². The highest BCUT2D eigenvalue weighted by molar-refractivity contribution is 6.03. The number of anilines is 4. The fraction of sp³-hybridized carbons (Fsp3) is 0.0303. The van der Waals surface area contributed by atoms with Crippen LogP contribution in [-0.2, 0) is 0 Å². The van der Waals surface area contributed by atoms with Gasteiger partial charge in [0.1, 0.15) is 0 Å². The lowest BCUT2D eigenvalue weighted by atomic mass is 10.0. The molecule has 0 unspecified atom stereocenters. The third-order valence-electron chi connectivity index (χ3n) is 6.86. The third-order valence-corrected chi connectivity index (χ3v) is 6.86. The van der Waals surface area contributed by atoms with Crippen molar-refractivity contribution in [1.82, 2.24) is 0 Å². The van der Waals surface area contributed by atoms with Gasteiger partial charge < -0.3 is 14.6 Å². The van der Waals surface area contributed by atoms with Crippen LogP contribution in [0.5, 0.6) is 0 Å². The molecule has 0 bridgehead atoms. The van der Waals surface area contributed by atoms with Gasteiger partial charge in [-0.1, -0.05) is 97.1 Å². The summed E-state index contributed by atoms with van der Waals surface area (Å²) in [7, 11) is 0. The Morgan fingerprint density at radius 2 is 1.39 bits per heavy atom. The van der Waals surface area contributed by atoms with Crippen LogP contribution in [0.4, 0.5) is 22.9 Å². The summed E-state index contributed by atoms with van der Waals surface area (Å²) in [6.45, 7) is 0.775. The van der Waals surface area contributed by atoms with Gasteiger partial charge in [-0.05, 0) is 52.2 Å². The maximum Gasteiger partial charge on any atom is 0.201 e. The lowest BCUT2D eigenvalue weighted by molar-refractivity contribution is 0.628. The molecule has 172 valence electrons. The highest BCUT2D eigenvalue weighted by Crippen LogP contribution is 2.44. The number of furan rings is 1. The van der Waals surface area contributed by atoms with Crippen LogP contribution in [0.2, 0.25) is 0 Å². The Labute approximate surface area is 209 Å². The zero-order chi connectivity index (χ0) is 23.9. The van der Waals surface area contributed by atoms with Gasteiger partial charge in [-0.3, -0.25) is 0 Å². The zero-order valence-electron chi connectivity index (χ0n) is 19.7. The summed E-state index contributed by atoms with van der Waals surface area (Å²) in [6.07, 6.45) is 4.28. The summed E-state index contributed by atoms with van der Waals surface area (Å²) in [5, 5.41) is 6.91. The van der Waals surface area contributed by atoms with Crippen molar-refractivity contribution in [3.05, 3.63) is 127 Å². The second kappa shape index (κ2) is 8.47. The molecule has 2 heterocycles. The van der Waals surface area contributed by atoms with E-state index in [4.69, 9.17) is 4.42 Å². The second-order valence-corrected chi connectivity index (χ2v) is 9.06. The van der Waals surface area contributed by atoms with Crippen LogP contribution in [0.25, 0.3) is 38.9 Å². The fourth-order valence-corrected chi connectivity index (χ4v) is 5.10. The van der Waals surface area contributed by atoms with E-state index in [2.05, 4.69) is 132 Å². The fourth-order valence-electron chi connectivity index (χ4n) is 5.10. The molecule has 36 heavy (non-hydrogen) atoms. The van der Waals surface area contributed by atoms with Gasteiger partial charge in [0.2, 0.25) is 5.88 Å². The highest BCUT2D eigenvalue weighted by Gasteiger charge is 2.22. The molecule has 0 spiro atoms. The Morgan fingerprint density at radius 1 is 0.639 bits per heavy atom. The molecule has 0 aliphatic carbocycles. The summed E-state index contributed by atoms with van der Waals surface area (Å²) in [4.78, 5) is 2.29. The molecule has 1 aliphatic rings. The average molecular weight is 465 g/mol. The van der Waals surface area contributed by atoms with Gasteiger partial charge in [-0.25, -0.2) is 0 Å². The van der Waals surface area contributed by atoms with Crippen LogP contribution in [0, 0.1) is 0 Å². The topological polar surface area (TPSA) is 28.4 Å². The lowest BCUT2D eigenvalue weighted by Crippen LogP contribution is -2.10. The van der Waals surface area contributed by atoms with Crippen molar-refractivity contribution in [2.75, 3.05) is 16.8 Å². The van der Waals surface area contributed by atoms with E-state index < -0.39 is 0 Å². The number of rotatable bonds is 4. The van der Waals surface area contributed by atoms with Crippen LogP contribution in [0.3, 0.4) is 0 Å². The quantitative estimate of drug-likeness (QED) is 0.282. The highest BCUT2D eigenvalue weighted by atomic mass is 16.4. The zero-order valence-corrected chi connectivity index (χ0v) is 19.7. The van der Waals surface area contributed by atoms with Gasteiger partial charge in [0, 0.05) is 28.9 Å². The summed E-state index contributed by atoms with van der Waals surface area (Å²) in [6, 6.07) is 40.7. The minimum Gasteiger partial charge on any atom is -0.438 e. The summed E-state index contributed by atoms with van der Waals surface area (Å²) < 4.78 is 6.42. The van der Waals surface area contributed by atoms with Crippen molar-refractivity contribution in [2.45, 2.75) is 0 Å². The number of nitrogens with zero attached hydrogens (tertiary/aromatic N) is 1. The average Bonchev–Trinajstić information content (AvgIpc) is 3.34. The van der Waals surface area contributed by atoms with Crippen molar-refractivity contribution < 1.29 is 4.42 Å². The molecular weight excluding hydrogens is 440 g/mol. The first-order chi connectivity index (χ1) is 17.8. The van der Waals surface area contributed by atoms with E-state index in [0.717, 1.165) is 46.0 Å². The molecule has 7 rings (SSSR count). The van der Waals surface area contributed by atoms with Crippen LogP contribution in [0.1, 0.15) is 5.56 Å². The maximum absolute atomic E-state index is 6.42. The maximum atomic E-state index is 6.42. The molecule has 0 fully saturated rings. The van der Waals surface area contributed by atoms with Crippen molar-refractivity contribution in [2.24, 2.45) is 0 Å². The number of para-hydroxylation sites is 1. The predicted molar refractivity (Wildman–Crippen MR) is 151 cm³/mol. The van der Waals surface area contributed by atoms with Crippen molar-refractivity contribution >= 4 is 50.8 Å². The Hall–Kier alpha value is -4.76. The molecule has 3 heteroatoms. The molecule has 6 aromatic rings. The summed E-state index contributed by atoms with van der Waals surface area (Å²) in [5.41, 5.74) is 7.57. The Balaban J connectivity index is 1.43. The second-order valence-electron chi connectivity index (χ2n) is 9.06. The van der Waals surface area contributed by atoms with E-state index in [1.807, 2.05) is 6.07 Å². The van der Waals surface area contributed by atoms with Gasteiger partial charge >= 0.3 is 0 Å². The minimum atomic E-state index is 0.775. The molecular formula is C33H24N2O. The summed E-state index contributed by atoms with van der Waals surface area (Å²) in [5.74, 6) is 0.831. The normalized spacial score (nSPS) is 12.4. The van der Waals surface area contributed by atoms with Gasteiger partial charge in [-0.15, -0.1) is 0 Å². The number of hydrogen-bond acceptors (Lipinski definition) is 3. The first-order valence-corrected chi connectivity index (χ1v) is 12.3. The number of fused-ring (bicyclic) bond motifs is 4. The van der Waals surface area contributed by atoms with E-state index in [1.165, 1.54) is 21.9 Å². The SMILES string of the molecule is C1=Cc2c(oc3c(N(c4ccc(-c5ccccc5)cc4)c4ccc5ccccc5c4)cccc23)NC1. The smallest absolute Gasteiger partial charge is 0.201 e. The Bertz CT molecular complexity index is 1730. The van der Waals surface area contributed by atoms with Crippen LogP contribution < -0.4 is 10.2 Å². The standard InChI is InChI=1S/C33H24N2O/c1-2-8-23(9-3-1)25-15-18-27(19-16-25)35(28-20-17-24-10-4-5-11-26(24)22-28)31-14-6-12-29-30-13-7-21-34-33(30)36-32(29)31/h1-20,22,34H,21H2. The van der Waals surface area contributed by atoms with Gasteiger partial charge in [0.15, 0.2) is 5.58 Å². The van der Waals surface area contributed by atoms with E-state index >= 15 is 0 Å². The Kier molecular flexibility index (Phi) is 4.85. The van der Waals surface area contributed by atoms with E-state index in [1.54, 1.807) is 0 Å². The molecule has 3 nitrogen and oxygen atoms in total. The number of hydrogen-bond donors (Lipinski definition) is 1. The number of benzene rings is 5. The van der Waals surface area contributed by atoms with Crippen molar-refractivity contribution in [3.8, 4) is 11.1 Å². The van der Waals surface area contributed by atoms with Crippen molar-refractivity contribution in [1.29, 1.82) is 0 Å². The van der Waals surface area contributed by atoms with E-state index in [-0.39, 0.29) is 0 Å².